The van der Waals surface area contributed by atoms with Gasteiger partial charge in [0.2, 0.25) is 5.71 Å². The highest BCUT2D eigenvalue weighted by atomic mass is 16.6. The molecule has 15 nitrogen and oxygen atoms in total. The molecule has 3 heterocycles. The monoisotopic (exact) mass is 1040 g/mol. The average molecular weight is 1040 g/mol. The zero-order valence-corrected chi connectivity index (χ0v) is 43.9. The smallest absolute Gasteiger partial charge is 0.407 e. The number of amides is 2. The Morgan fingerprint density at radius 1 is 0.649 bits per heavy atom. The summed E-state index contributed by atoms with van der Waals surface area (Å²) in [6.45, 7) is 8.89. The molecule has 0 bridgehead atoms. The number of carbonyl (C=O) groups excluding carboxylic acids is 4. The Balaban J connectivity index is 0.835. The molecule has 77 heavy (non-hydrogen) atoms. The molecule has 1 fully saturated rings. The van der Waals surface area contributed by atoms with Gasteiger partial charge in [0.25, 0.3) is 0 Å². The summed E-state index contributed by atoms with van der Waals surface area (Å²) in [5.74, 6) is -2.29. The molecule has 0 spiro atoms. The molecular formula is C62H64N4O11. The van der Waals surface area contributed by atoms with Crippen LogP contribution in [0.3, 0.4) is 0 Å². The van der Waals surface area contributed by atoms with Gasteiger partial charge in [-0.2, -0.15) is 4.98 Å². The van der Waals surface area contributed by atoms with E-state index in [0.29, 0.717) is 11.1 Å². The molecule has 5 aromatic carbocycles. The molecule has 10 rings (SSSR count). The molecule has 0 saturated carbocycles. The molecule has 2 N–H and O–H groups in total. The van der Waals surface area contributed by atoms with Gasteiger partial charge in [0.1, 0.15) is 56.1 Å². The summed E-state index contributed by atoms with van der Waals surface area (Å²) >= 11 is 0. The van der Waals surface area contributed by atoms with E-state index in [1.54, 1.807) is 40.0 Å². The van der Waals surface area contributed by atoms with Crippen LogP contribution >= 0.6 is 0 Å². The van der Waals surface area contributed by atoms with E-state index in [9.17, 15) is 24.0 Å². The number of aromatic nitrogens is 2. The molecule has 7 aromatic rings. The first-order chi connectivity index (χ1) is 37.3. The number of rotatable bonds is 19. The zero-order chi connectivity index (χ0) is 53.7. The lowest BCUT2D eigenvalue weighted by molar-refractivity contribution is -0.162. The molecule has 3 unspecified atom stereocenters. The van der Waals surface area contributed by atoms with E-state index in [-0.39, 0.29) is 37.2 Å². The van der Waals surface area contributed by atoms with Crippen molar-refractivity contribution in [2.75, 3.05) is 19.8 Å². The number of ether oxygens (including phenoxy) is 5. The van der Waals surface area contributed by atoms with E-state index in [1.165, 1.54) is 10.1 Å². The zero-order valence-electron chi connectivity index (χ0n) is 43.9. The van der Waals surface area contributed by atoms with E-state index >= 15 is 0 Å². The van der Waals surface area contributed by atoms with Crippen molar-refractivity contribution in [3.05, 3.63) is 172 Å². The number of alkyl carbamates (subject to hydrolysis) is 2. The van der Waals surface area contributed by atoms with Crippen molar-refractivity contribution < 1.29 is 47.3 Å². The summed E-state index contributed by atoms with van der Waals surface area (Å²) in [6.07, 6.45) is 1.12. The third-order valence-corrected chi connectivity index (χ3v) is 15.0. The maximum atomic E-state index is 14.3. The van der Waals surface area contributed by atoms with E-state index in [0.717, 1.165) is 75.8 Å². The van der Waals surface area contributed by atoms with Crippen molar-refractivity contribution in [1.29, 1.82) is 0 Å². The Morgan fingerprint density at radius 2 is 1.16 bits per heavy atom. The number of unbranched alkanes of at least 4 members (excludes halogenated alkanes) is 2. The maximum Gasteiger partial charge on any atom is 0.407 e. The fourth-order valence-electron chi connectivity index (χ4n) is 10.8. The fourth-order valence-corrected chi connectivity index (χ4v) is 10.8. The second-order valence-electron chi connectivity index (χ2n) is 20.8. The second-order valence-corrected chi connectivity index (χ2v) is 20.8. The molecular weight excluding hydrogens is 977 g/mol. The van der Waals surface area contributed by atoms with Gasteiger partial charge in [-0.1, -0.05) is 169 Å². The van der Waals surface area contributed by atoms with Crippen LogP contribution in [0.15, 0.2) is 143 Å². The average Bonchev–Trinajstić information content (AvgIpc) is 4.30. The van der Waals surface area contributed by atoms with Crippen molar-refractivity contribution in [3.8, 4) is 33.6 Å². The summed E-state index contributed by atoms with van der Waals surface area (Å²) < 4.78 is 37.4. The molecule has 15 heteroatoms. The number of hydrogen-bond acceptors (Lipinski definition) is 12. The minimum absolute atomic E-state index is 0.0372. The third-order valence-electron chi connectivity index (χ3n) is 15.0. The first-order valence-corrected chi connectivity index (χ1v) is 26.7. The molecule has 1 aliphatic heterocycles. The van der Waals surface area contributed by atoms with Crippen LogP contribution in [0.4, 0.5) is 9.59 Å². The quantitative estimate of drug-likeness (QED) is 0.0444. The van der Waals surface area contributed by atoms with Gasteiger partial charge >= 0.3 is 29.8 Å². The fraction of sp³-hybridized carbons (Fsp3) is 0.355. The number of hydrogen-bond donors (Lipinski definition) is 2. The third kappa shape index (κ3) is 11.3. The van der Waals surface area contributed by atoms with Crippen molar-refractivity contribution in [2.24, 2.45) is 11.8 Å². The highest BCUT2D eigenvalue weighted by Gasteiger charge is 2.43. The Kier molecular flexibility index (Phi) is 15.7. The number of nitrogens with zero attached hydrogens (tertiary/aromatic N) is 2. The Bertz CT molecular complexity index is 3250. The van der Waals surface area contributed by atoms with Crippen LogP contribution < -0.4 is 16.3 Å². The highest BCUT2D eigenvalue weighted by molar-refractivity contribution is 5.84. The molecule has 398 valence electrons. The number of nitrogens with one attached hydrogen (secondary N) is 2. The summed E-state index contributed by atoms with van der Waals surface area (Å²) in [5.41, 5.74) is 10.0. The predicted octanol–water partition coefficient (Wildman–Crippen LogP) is 11.3. The van der Waals surface area contributed by atoms with Gasteiger partial charge in [0.15, 0.2) is 0 Å². The molecule has 1 saturated heterocycles. The molecule has 3 aliphatic rings. The number of esters is 2. The van der Waals surface area contributed by atoms with Gasteiger partial charge in [-0.25, -0.2) is 24.0 Å². The van der Waals surface area contributed by atoms with Crippen LogP contribution in [0.1, 0.15) is 106 Å². The number of furan rings is 1. The number of aryl methyl sites for hydroxylation is 1. The molecule has 0 radical (unpaired) electrons. The molecule has 2 amide bonds. The van der Waals surface area contributed by atoms with Gasteiger partial charge in [-0.05, 0) is 80.8 Å². The van der Waals surface area contributed by atoms with Crippen molar-refractivity contribution in [1.82, 2.24) is 20.2 Å². The van der Waals surface area contributed by atoms with Crippen LogP contribution in [-0.2, 0) is 39.7 Å². The van der Waals surface area contributed by atoms with Crippen LogP contribution in [0, 0.1) is 11.8 Å². The van der Waals surface area contributed by atoms with Gasteiger partial charge in [-0.15, -0.1) is 0 Å². The minimum Gasteiger partial charge on any atom is -0.461 e. The lowest BCUT2D eigenvalue weighted by Gasteiger charge is -2.26. The lowest BCUT2D eigenvalue weighted by Crippen LogP contribution is -2.48. The largest absolute Gasteiger partial charge is 0.461 e. The van der Waals surface area contributed by atoms with Crippen molar-refractivity contribution >= 4 is 35.2 Å². The second kappa shape index (κ2) is 23.1. The minimum atomic E-state index is -1.16. The topological polar surface area (TPSA) is 187 Å². The summed E-state index contributed by atoms with van der Waals surface area (Å²) in [4.78, 5) is 73.2. The number of carbonyl (C=O) groups is 4. The van der Waals surface area contributed by atoms with Gasteiger partial charge in [0.05, 0.1) is 5.39 Å². The van der Waals surface area contributed by atoms with Gasteiger partial charge in [-0.3, -0.25) is 4.57 Å². The van der Waals surface area contributed by atoms with Crippen molar-refractivity contribution in [3.63, 3.8) is 0 Å². The highest BCUT2D eigenvalue weighted by Crippen LogP contribution is 2.46. The van der Waals surface area contributed by atoms with E-state index in [2.05, 4.69) is 34.7 Å². The Hall–Kier alpha value is -8.04. The maximum absolute atomic E-state index is 14.3. The Morgan fingerprint density at radius 3 is 1.66 bits per heavy atom. The van der Waals surface area contributed by atoms with Crippen LogP contribution in [0.5, 0.6) is 0 Å². The SMILES string of the molecule is CCCCCc1ccc(-c2cc3cn([C@H]4CC(OC(=O)C(NC(=O)OCC5c6ccccc6-c6ccccc65)C(C)C)[C@@H](COC(=O)C(NC(=O)OCC5c6ccccc6-c6ccccc65)C(C)C)O4)c(=O)nc3o2)cc1. The van der Waals surface area contributed by atoms with Crippen LogP contribution in [-0.4, -0.2) is 77.8 Å². The van der Waals surface area contributed by atoms with Gasteiger partial charge < -0.3 is 38.7 Å². The molecule has 2 aromatic heterocycles. The van der Waals surface area contributed by atoms with Crippen LogP contribution in [0.25, 0.3) is 44.7 Å². The molecule has 2 aliphatic carbocycles. The first-order valence-electron chi connectivity index (χ1n) is 26.7. The Labute approximate surface area is 447 Å². The van der Waals surface area contributed by atoms with E-state index in [1.807, 2.05) is 109 Å². The van der Waals surface area contributed by atoms with Crippen LogP contribution in [0.2, 0.25) is 0 Å². The predicted molar refractivity (Wildman–Crippen MR) is 290 cm³/mol. The first kappa shape index (κ1) is 52.4. The summed E-state index contributed by atoms with van der Waals surface area (Å²) in [6, 6.07) is 39.6. The standard InChI is InChI=1S/C62H64N4O11/c1-6-7-8-17-38-26-28-39(29-27-38)51-30-40-32-66(60(69)65-57(40)76-51)54-31-52(77-59(68)56(37(4)5)64-62(71)74-34-50-47-24-15-11-20-43(47)44-21-12-16-25-48(44)50)53(75-54)35-72-58(67)55(36(2)3)63-61(70)73-33-49-45-22-13-9-18-41(45)42-19-10-14-23-46(42)49/h9-16,18-30,32,36-37,49-50,52-56H,6-8,17,31,33-35H2,1-5H3,(H,63,70)(H,64,71)/t52?,53-,54-,55?,56?/m1/s1. The van der Waals surface area contributed by atoms with Crippen molar-refractivity contribution in [2.45, 2.75) is 109 Å². The lowest BCUT2D eigenvalue weighted by atomic mass is 9.98. The molecule has 5 atom stereocenters. The number of fused-ring (bicyclic) bond motifs is 7. The van der Waals surface area contributed by atoms with E-state index in [4.69, 9.17) is 28.1 Å². The van der Waals surface area contributed by atoms with Gasteiger partial charge in [0, 0.05) is 30.0 Å². The number of benzene rings is 5. The normalized spacial score (nSPS) is 17.3. The summed E-state index contributed by atoms with van der Waals surface area (Å²) in [7, 11) is 0. The van der Waals surface area contributed by atoms with E-state index < -0.39 is 78.8 Å². The summed E-state index contributed by atoms with van der Waals surface area (Å²) in [5, 5.41) is 5.96.